The molecule has 0 aliphatic carbocycles. The summed E-state index contributed by atoms with van der Waals surface area (Å²) in [5.41, 5.74) is 13.5. The Hall–Kier alpha value is -7.05. The summed E-state index contributed by atoms with van der Waals surface area (Å²) in [6.45, 7) is 2.01. The molecule has 2 aliphatic rings. The second-order valence-corrected chi connectivity index (χ2v) is 13.4. The van der Waals surface area contributed by atoms with Crippen molar-refractivity contribution in [2.75, 3.05) is 0 Å². The number of hydrogen-bond acceptors (Lipinski definition) is 4. The Morgan fingerprint density at radius 2 is 0.907 bits per heavy atom. The number of aromatic nitrogens is 4. The van der Waals surface area contributed by atoms with Crippen molar-refractivity contribution in [1.82, 2.24) is 19.9 Å². The Morgan fingerprint density at radius 1 is 0.500 bits per heavy atom. The van der Waals surface area contributed by atoms with E-state index < -0.39 is 0 Å². The van der Waals surface area contributed by atoms with Crippen molar-refractivity contribution in [2.45, 2.75) is 19.8 Å². The van der Waals surface area contributed by atoms with E-state index in [0.29, 0.717) is 29.2 Å². The summed E-state index contributed by atoms with van der Waals surface area (Å²) in [5, 5.41) is 0. The maximum absolute atomic E-state index is 12.6. The van der Waals surface area contributed by atoms with E-state index in [9.17, 15) is 4.79 Å². The van der Waals surface area contributed by atoms with E-state index in [1.165, 1.54) is 0 Å². The van der Waals surface area contributed by atoms with E-state index >= 15 is 0 Å². The number of fused-ring (bicyclic) bond motifs is 8. The maximum atomic E-state index is 12.6. The van der Waals surface area contributed by atoms with Gasteiger partial charge in [-0.1, -0.05) is 97.9 Å². The number of ketones is 1. The van der Waals surface area contributed by atoms with Crippen LogP contribution in [0.15, 0.2) is 140 Å². The molecule has 54 heavy (non-hydrogen) atoms. The van der Waals surface area contributed by atoms with Crippen molar-refractivity contribution >= 4 is 52.2 Å². The second-order valence-electron chi connectivity index (χ2n) is 13.4. The van der Waals surface area contributed by atoms with Crippen LogP contribution in [0.25, 0.3) is 79.8 Å². The topological polar surface area (TPSA) is 83.7 Å². The molecule has 2 N–H and O–H groups in total. The Bertz CT molecular complexity index is 2710. The van der Waals surface area contributed by atoms with Gasteiger partial charge in [-0.2, -0.15) is 0 Å². The van der Waals surface area contributed by atoms with Crippen LogP contribution in [0.2, 0.25) is 0 Å². The van der Waals surface area contributed by atoms with Crippen molar-refractivity contribution < 1.29 is 9.53 Å². The molecule has 9 rings (SSSR count). The first kappa shape index (κ1) is 32.8. The van der Waals surface area contributed by atoms with E-state index in [0.717, 1.165) is 79.0 Å². The quantitative estimate of drug-likeness (QED) is 0.155. The van der Waals surface area contributed by atoms with Crippen LogP contribution >= 0.6 is 0 Å². The van der Waals surface area contributed by atoms with Crippen LogP contribution in [-0.4, -0.2) is 25.7 Å². The smallest absolute Gasteiger partial charge is 0.176 e. The van der Waals surface area contributed by atoms with Gasteiger partial charge in [0.15, 0.2) is 11.5 Å². The number of carbonyl (C=O) groups excluding carboxylic acids is 1. The molecule has 5 heterocycles. The van der Waals surface area contributed by atoms with Crippen LogP contribution in [0.1, 0.15) is 52.9 Å². The van der Waals surface area contributed by atoms with Crippen molar-refractivity contribution in [2.24, 2.45) is 0 Å². The number of benzene rings is 4. The number of nitrogens with zero attached hydrogens (tertiary/aromatic N) is 2. The lowest BCUT2D eigenvalue weighted by Crippen LogP contribution is -1.97. The molecule has 0 fully saturated rings. The Morgan fingerprint density at radius 3 is 1.37 bits per heavy atom. The molecule has 6 heteroatoms. The van der Waals surface area contributed by atoms with Gasteiger partial charge >= 0.3 is 0 Å². The van der Waals surface area contributed by atoms with Crippen LogP contribution in [-0.2, 0) is 0 Å². The number of nitrogens with one attached hydrogen (secondary N) is 2. The van der Waals surface area contributed by atoms with Gasteiger partial charge in [0.2, 0.25) is 0 Å². The fourth-order valence-electron chi connectivity index (χ4n) is 7.21. The highest BCUT2D eigenvalue weighted by Gasteiger charge is 2.19. The molecule has 8 bridgehead atoms. The zero-order valence-electron chi connectivity index (χ0n) is 29.7. The van der Waals surface area contributed by atoms with E-state index in [-0.39, 0.29) is 5.78 Å². The van der Waals surface area contributed by atoms with Gasteiger partial charge in [0, 0.05) is 45.2 Å². The number of H-pyrrole nitrogens is 2. The average Bonchev–Trinajstić information content (AvgIpc) is 4.06. The fraction of sp³-hybridized carbons (Fsp3) is 0.0625. The SMILES string of the molecule is CCCC(=O)c1ccc(Oc2c3nc(c(-c4ccccc4)c4ccc([nH]4)c(-c4ccccc4)c4nc(c(-c5ccccc5)c5ccc2[nH]5)C=C4)C=C3)cc1. The first-order chi connectivity index (χ1) is 26.6. The van der Waals surface area contributed by atoms with Gasteiger partial charge in [0.25, 0.3) is 0 Å². The highest BCUT2D eigenvalue weighted by molar-refractivity contribution is 5.98. The first-order valence-corrected chi connectivity index (χ1v) is 18.3. The Labute approximate surface area is 313 Å². The molecular weight excluding hydrogens is 665 g/mol. The third-order valence-corrected chi connectivity index (χ3v) is 9.77. The lowest BCUT2D eigenvalue weighted by Gasteiger charge is -2.09. The summed E-state index contributed by atoms with van der Waals surface area (Å²) in [5.74, 6) is 1.29. The predicted octanol–water partition coefficient (Wildman–Crippen LogP) is 12.4. The van der Waals surface area contributed by atoms with Crippen molar-refractivity contribution in [3.63, 3.8) is 0 Å². The Kier molecular flexibility index (Phi) is 8.61. The average molecular weight is 701 g/mol. The highest BCUT2D eigenvalue weighted by atomic mass is 16.5. The molecule has 7 aromatic rings. The minimum absolute atomic E-state index is 0.121. The number of Topliss-reactive ketones (excluding diaryl/α,β-unsaturated/α-hetero) is 1. The molecule has 4 aromatic carbocycles. The zero-order chi connectivity index (χ0) is 36.4. The monoisotopic (exact) mass is 700 g/mol. The molecule has 0 spiro atoms. The summed E-state index contributed by atoms with van der Waals surface area (Å²) in [6, 6.07) is 46.8. The van der Waals surface area contributed by atoms with E-state index in [1.807, 2.05) is 91.9 Å². The van der Waals surface area contributed by atoms with E-state index in [4.69, 9.17) is 14.7 Å². The molecular formula is C48H36N4O2. The van der Waals surface area contributed by atoms with Crippen LogP contribution in [0.5, 0.6) is 11.5 Å². The molecule has 0 unspecified atom stereocenters. The summed E-state index contributed by atoms with van der Waals surface area (Å²) in [7, 11) is 0. The van der Waals surface area contributed by atoms with Gasteiger partial charge in [0.05, 0.1) is 22.6 Å². The summed E-state index contributed by atoms with van der Waals surface area (Å²) in [4.78, 5) is 30.7. The molecule has 0 amide bonds. The van der Waals surface area contributed by atoms with Gasteiger partial charge in [-0.05, 0) is 95.9 Å². The van der Waals surface area contributed by atoms with Crippen molar-refractivity contribution in [3.8, 4) is 44.9 Å². The molecule has 0 radical (unpaired) electrons. The number of rotatable bonds is 8. The zero-order valence-corrected chi connectivity index (χ0v) is 29.7. The summed E-state index contributed by atoms with van der Waals surface area (Å²) >= 11 is 0. The molecule has 0 atom stereocenters. The van der Waals surface area contributed by atoms with Crippen LogP contribution in [0, 0.1) is 0 Å². The first-order valence-electron chi connectivity index (χ1n) is 18.3. The summed E-state index contributed by atoms with van der Waals surface area (Å²) in [6.07, 6.45) is 9.56. The molecule has 3 aromatic heterocycles. The Balaban J connectivity index is 1.37. The van der Waals surface area contributed by atoms with Gasteiger partial charge in [-0.15, -0.1) is 0 Å². The van der Waals surface area contributed by atoms with Crippen LogP contribution in [0.3, 0.4) is 0 Å². The van der Waals surface area contributed by atoms with Crippen molar-refractivity contribution in [3.05, 3.63) is 168 Å². The lowest BCUT2D eigenvalue weighted by molar-refractivity contribution is 0.0981. The molecule has 6 nitrogen and oxygen atoms in total. The number of carbonyl (C=O) groups is 1. The predicted molar refractivity (Wildman–Crippen MR) is 221 cm³/mol. The number of aromatic amines is 2. The highest BCUT2D eigenvalue weighted by Crippen LogP contribution is 2.38. The third-order valence-electron chi connectivity index (χ3n) is 9.77. The third kappa shape index (κ3) is 6.24. The van der Waals surface area contributed by atoms with Gasteiger partial charge < -0.3 is 14.7 Å². The van der Waals surface area contributed by atoms with Gasteiger partial charge in [-0.3, -0.25) is 4.79 Å². The van der Waals surface area contributed by atoms with E-state index in [2.05, 4.69) is 88.9 Å². The van der Waals surface area contributed by atoms with Gasteiger partial charge in [0.1, 0.15) is 11.4 Å². The number of hydrogen-bond donors (Lipinski definition) is 2. The van der Waals surface area contributed by atoms with Crippen molar-refractivity contribution in [1.29, 1.82) is 0 Å². The minimum Gasteiger partial charge on any atom is -0.453 e. The van der Waals surface area contributed by atoms with Gasteiger partial charge in [-0.25, -0.2) is 9.97 Å². The van der Waals surface area contributed by atoms with Crippen LogP contribution < -0.4 is 4.74 Å². The maximum Gasteiger partial charge on any atom is 0.176 e. The van der Waals surface area contributed by atoms with Crippen LogP contribution in [0.4, 0.5) is 0 Å². The molecule has 0 saturated carbocycles. The largest absolute Gasteiger partial charge is 0.453 e. The number of ether oxygens (including phenoxy) is 1. The second kappa shape index (κ2) is 14.2. The normalized spacial score (nSPS) is 11.9. The minimum atomic E-state index is 0.121. The standard InChI is InChI=1S/C48H36N4O2/c1-2-12-44(53)31-19-21-35(22-20-31)54-48-42-29-27-40(51-42)46(33-15-8-4-9-16-33)38-25-23-36(49-38)45(32-13-6-3-7-14-32)37-24-26-39(50-37)47(34-17-10-5-11-18-34)41-28-30-43(48)52-41/h3-11,13-30,49,52H,2,12H2,1H3. The molecule has 0 saturated heterocycles. The molecule has 2 aliphatic heterocycles. The van der Waals surface area contributed by atoms with E-state index in [1.54, 1.807) is 0 Å². The summed E-state index contributed by atoms with van der Waals surface area (Å²) < 4.78 is 6.72. The fourth-order valence-corrected chi connectivity index (χ4v) is 7.21. The molecule has 260 valence electrons. The lowest BCUT2D eigenvalue weighted by atomic mass is 10.0.